The van der Waals surface area contributed by atoms with Gasteiger partial charge >= 0.3 is 0 Å². The van der Waals surface area contributed by atoms with E-state index in [0.717, 1.165) is 18.4 Å². The third kappa shape index (κ3) is 5.71. The predicted molar refractivity (Wildman–Crippen MR) is 109 cm³/mol. The van der Waals surface area contributed by atoms with Gasteiger partial charge in [0.25, 0.3) is 5.91 Å². The molecule has 3 rings (SSSR count). The number of para-hydroxylation sites is 1. The molecule has 0 unspecified atom stereocenters. The molecule has 0 bridgehead atoms. The van der Waals surface area contributed by atoms with Gasteiger partial charge in [-0.2, -0.15) is 0 Å². The Morgan fingerprint density at radius 3 is 2.44 bits per heavy atom. The lowest BCUT2D eigenvalue weighted by molar-refractivity contribution is 0.0948. The summed E-state index contributed by atoms with van der Waals surface area (Å²) < 4.78 is 5.87. The van der Waals surface area contributed by atoms with Gasteiger partial charge in [0, 0.05) is 6.54 Å². The van der Waals surface area contributed by atoms with Gasteiger partial charge in [0.15, 0.2) is 0 Å². The summed E-state index contributed by atoms with van der Waals surface area (Å²) >= 11 is 0. The van der Waals surface area contributed by atoms with E-state index in [0.29, 0.717) is 24.5 Å². The molecule has 0 saturated heterocycles. The van der Waals surface area contributed by atoms with Gasteiger partial charge < -0.3 is 10.1 Å². The van der Waals surface area contributed by atoms with Crippen molar-refractivity contribution in [2.75, 3.05) is 6.54 Å². The number of nitrogens with one attached hydrogen (secondary N) is 1. The van der Waals surface area contributed by atoms with Crippen molar-refractivity contribution in [3.05, 3.63) is 101 Å². The molecule has 3 aromatic carbocycles. The second kappa shape index (κ2) is 9.58. The summed E-state index contributed by atoms with van der Waals surface area (Å²) in [5.74, 6) is 0.514. The third-order valence-electron chi connectivity index (χ3n) is 4.38. The molecule has 1 amide bonds. The Morgan fingerprint density at radius 1 is 0.889 bits per heavy atom. The van der Waals surface area contributed by atoms with E-state index >= 15 is 0 Å². The quantitative estimate of drug-likeness (QED) is 0.579. The highest BCUT2D eigenvalue weighted by Gasteiger charge is 2.11. The smallest absolute Gasteiger partial charge is 0.255 e. The minimum atomic E-state index is -0.0945. The number of aryl methyl sites for hydroxylation is 2. The second-order valence-corrected chi connectivity index (χ2v) is 6.62. The molecule has 0 saturated carbocycles. The van der Waals surface area contributed by atoms with Crippen LogP contribution >= 0.6 is 0 Å². The topological polar surface area (TPSA) is 38.3 Å². The largest absolute Gasteiger partial charge is 0.488 e. The number of carbonyl (C=O) groups excluding carboxylic acids is 1. The van der Waals surface area contributed by atoms with Crippen molar-refractivity contribution >= 4 is 5.91 Å². The third-order valence-corrected chi connectivity index (χ3v) is 4.38. The fourth-order valence-electron chi connectivity index (χ4n) is 2.97. The normalized spacial score (nSPS) is 10.4. The summed E-state index contributed by atoms with van der Waals surface area (Å²) in [5, 5.41) is 3.00. The molecule has 3 aromatic rings. The van der Waals surface area contributed by atoms with Crippen LogP contribution in [0, 0.1) is 6.92 Å². The highest BCUT2D eigenvalue weighted by atomic mass is 16.5. The minimum Gasteiger partial charge on any atom is -0.488 e. The van der Waals surface area contributed by atoms with Gasteiger partial charge in [0.05, 0.1) is 5.56 Å². The molecule has 1 N–H and O–H groups in total. The van der Waals surface area contributed by atoms with Crippen LogP contribution in [-0.2, 0) is 13.0 Å². The molecule has 27 heavy (non-hydrogen) atoms. The summed E-state index contributed by atoms with van der Waals surface area (Å²) in [6.45, 7) is 3.18. The fraction of sp³-hybridized carbons (Fsp3) is 0.208. The second-order valence-electron chi connectivity index (χ2n) is 6.62. The maximum absolute atomic E-state index is 12.6. The van der Waals surface area contributed by atoms with E-state index in [1.807, 2.05) is 48.5 Å². The van der Waals surface area contributed by atoms with Crippen molar-refractivity contribution in [1.29, 1.82) is 0 Å². The van der Waals surface area contributed by atoms with Gasteiger partial charge in [-0.1, -0.05) is 72.3 Å². The average molecular weight is 359 g/mol. The average Bonchev–Trinajstić information content (AvgIpc) is 2.70. The molecule has 0 aliphatic carbocycles. The molecule has 0 fully saturated rings. The lowest BCUT2D eigenvalue weighted by atomic mass is 10.1. The molecule has 0 spiro atoms. The first-order valence-electron chi connectivity index (χ1n) is 9.32. The molecule has 0 heterocycles. The van der Waals surface area contributed by atoms with E-state index in [4.69, 9.17) is 4.74 Å². The highest BCUT2D eigenvalue weighted by Crippen LogP contribution is 2.19. The summed E-state index contributed by atoms with van der Waals surface area (Å²) in [6, 6.07) is 25.8. The van der Waals surface area contributed by atoms with Crippen LogP contribution in [0.4, 0.5) is 0 Å². The molecule has 0 aliphatic heterocycles. The zero-order chi connectivity index (χ0) is 18.9. The molecule has 0 radical (unpaired) electrons. The number of hydrogen-bond donors (Lipinski definition) is 1. The van der Waals surface area contributed by atoms with Gasteiger partial charge in [0.1, 0.15) is 12.4 Å². The van der Waals surface area contributed by atoms with Gasteiger partial charge in [-0.25, -0.2) is 0 Å². The van der Waals surface area contributed by atoms with E-state index in [-0.39, 0.29) is 5.91 Å². The standard InChI is InChI=1S/C24H25NO2/c1-19-9-7-12-20(17-19)13-8-16-25-24(26)22-14-5-6-15-23(22)27-18-21-10-3-2-4-11-21/h2-7,9-12,14-15,17H,8,13,16,18H2,1H3,(H,25,26). The van der Waals surface area contributed by atoms with Crippen LogP contribution < -0.4 is 10.1 Å². The number of carbonyl (C=O) groups is 1. The number of benzene rings is 3. The van der Waals surface area contributed by atoms with Gasteiger partial charge in [-0.05, 0) is 43.0 Å². The number of amides is 1. The summed E-state index contributed by atoms with van der Waals surface area (Å²) in [7, 11) is 0. The van der Waals surface area contributed by atoms with Crippen molar-refractivity contribution in [2.45, 2.75) is 26.4 Å². The molecule has 3 nitrogen and oxygen atoms in total. The maximum atomic E-state index is 12.6. The van der Waals surface area contributed by atoms with Crippen LogP contribution in [0.15, 0.2) is 78.9 Å². The van der Waals surface area contributed by atoms with Crippen molar-refractivity contribution in [1.82, 2.24) is 5.32 Å². The van der Waals surface area contributed by atoms with Crippen molar-refractivity contribution in [2.24, 2.45) is 0 Å². The Kier molecular flexibility index (Phi) is 6.64. The lowest BCUT2D eigenvalue weighted by Gasteiger charge is -2.12. The van der Waals surface area contributed by atoms with Crippen molar-refractivity contribution in [3.63, 3.8) is 0 Å². The maximum Gasteiger partial charge on any atom is 0.255 e. The molecule has 0 aliphatic rings. The van der Waals surface area contributed by atoms with Crippen LogP contribution in [0.1, 0.15) is 33.5 Å². The summed E-state index contributed by atoms with van der Waals surface area (Å²) in [5.41, 5.74) is 4.21. The number of rotatable bonds is 8. The molecule has 3 heteroatoms. The van der Waals surface area contributed by atoms with Gasteiger partial charge in [0.2, 0.25) is 0 Å². The van der Waals surface area contributed by atoms with Crippen molar-refractivity contribution < 1.29 is 9.53 Å². The molecular formula is C24H25NO2. The molecular weight excluding hydrogens is 334 g/mol. The summed E-state index contributed by atoms with van der Waals surface area (Å²) in [4.78, 5) is 12.6. The van der Waals surface area contributed by atoms with Crippen molar-refractivity contribution in [3.8, 4) is 5.75 Å². The number of ether oxygens (including phenoxy) is 1. The van der Waals surface area contributed by atoms with Crippen LogP contribution in [0.5, 0.6) is 5.75 Å². The van der Waals surface area contributed by atoms with Crippen LogP contribution in [0.25, 0.3) is 0 Å². The monoisotopic (exact) mass is 359 g/mol. The SMILES string of the molecule is Cc1cccc(CCCNC(=O)c2ccccc2OCc2ccccc2)c1. The first kappa shape index (κ1) is 18.7. The highest BCUT2D eigenvalue weighted by molar-refractivity contribution is 5.96. The number of hydrogen-bond acceptors (Lipinski definition) is 2. The Balaban J connectivity index is 1.52. The molecule has 138 valence electrons. The predicted octanol–water partition coefficient (Wildman–Crippen LogP) is 4.94. The lowest BCUT2D eigenvalue weighted by Crippen LogP contribution is -2.25. The zero-order valence-corrected chi connectivity index (χ0v) is 15.7. The van der Waals surface area contributed by atoms with E-state index in [1.54, 1.807) is 6.07 Å². The zero-order valence-electron chi connectivity index (χ0n) is 15.7. The van der Waals surface area contributed by atoms with E-state index < -0.39 is 0 Å². The van der Waals surface area contributed by atoms with Crippen LogP contribution in [0.2, 0.25) is 0 Å². The van der Waals surface area contributed by atoms with Gasteiger partial charge in [-0.3, -0.25) is 4.79 Å². The minimum absolute atomic E-state index is 0.0945. The molecule has 0 atom stereocenters. The first-order chi connectivity index (χ1) is 13.2. The van der Waals surface area contributed by atoms with Crippen LogP contribution in [-0.4, -0.2) is 12.5 Å². The molecule has 0 aromatic heterocycles. The summed E-state index contributed by atoms with van der Waals surface area (Å²) in [6.07, 6.45) is 1.86. The first-order valence-corrected chi connectivity index (χ1v) is 9.32. The van der Waals surface area contributed by atoms with E-state index in [2.05, 4.69) is 36.5 Å². The van der Waals surface area contributed by atoms with E-state index in [9.17, 15) is 4.79 Å². The van der Waals surface area contributed by atoms with Crippen LogP contribution in [0.3, 0.4) is 0 Å². The fourth-order valence-corrected chi connectivity index (χ4v) is 2.97. The van der Waals surface area contributed by atoms with E-state index in [1.165, 1.54) is 11.1 Å². The Labute approximate surface area is 161 Å². The Morgan fingerprint density at radius 2 is 1.63 bits per heavy atom. The Hall–Kier alpha value is -3.07. The Bertz CT molecular complexity index is 874. The van der Waals surface area contributed by atoms with Gasteiger partial charge in [-0.15, -0.1) is 0 Å².